The molecule has 1 aromatic rings. The lowest BCUT2D eigenvalue weighted by molar-refractivity contribution is -0.00623. The predicted molar refractivity (Wildman–Crippen MR) is 95.7 cm³/mol. The second kappa shape index (κ2) is 6.66. The largest absolute Gasteiger partial charge is 0.477 e. The Morgan fingerprint density at radius 1 is 1.25 bits per heavy atom. The Labute approximate surface area is 145 Å². The van der Waals surface area contributed by atoms with Gasteiger partial charge in [0.05, 0.1) is 24.8 Å². The van der Waals surface area contributed by atoms with Gasteiger partial charge in [-0.05, 0) is 25.4 Å². The van der Waals surface area contributed by atoms with Gasteiger partial charge >= 0.3 is 6.92 Å². The van der Waals surface area contributed by atoms with Crippen LogP contribution in [-0.2, 0) is 9.39 Å². The molecule has 0 saturated carbocycles. The fraction of sp³-hybridized carbons (Fsp3) is 0.722. The number of methoxy groups -OCH3 is 1. The molecular weight excluding hydrogens is 305 g/mol. The minimum atomic E-state index is -0.582. The molecule has 0 aromatic carbocycles. The van der Waals surface area contributed by atoms with E-state index < -0.39 is 11.6 Å². The zero-order chi connectivity index (χ0) is 18.2. The molecule has 0 bridgehead atoms. The van der Waals surface area contributed by atoms with Gasteiger partial charge in [0, 0.05) is 24.1 Å². The summed E-state index contributed by atoms with van der Waals surface area (Å²) in [6.07, 6.45) is 1.73. The van der Waals surface area contributed by atoms with E-state index in [9.17, 15) is 5.11 Å². The Morgan fingerprint density at radius 2 is 1.92 bits per heavy atom. The van der Waals surface area contributed by atoms with Crippen LogP contribution in [0, 0.1) is 10.8 Å². The van der Waals surface area contributed by atoms with Crippen molar-refractivity contribution in [3.63, 3.8) is 0 Å². The standard InChI is InChI=1S/C18H30BNO4/c1-16(2,11-22-7)12-23-14-9-8-13(10-20-14)19-15(21)17(3,4)18(5,6)24-19/h8-10,15,21H,11-12H2,1-7H3. The van der Waals surface area contributed by atoms with Gasteiger partial charge in [0.1, 0.15) is 0 Å². The summed E-state index contributed by atoms with van der Waals surface area (Å²) in [5.74, 6) is 0.564. The van der Waals surface area contributed by atoms with Gasteiger partial charge in [0.25, 0.3) is 0 Å². The van der Waals surface area contributed by atoms with E-state index in [2.05, 4.69) is 18.8 Å². The summed E-state index contributed by atoms with van der Waals surface area (Å²) in [6, 6.07) is 3.16. The molecule has 0 spiro atoms. The molecule has 1 atom stereocenters. The van der Waals surface area contributed by atoms with Gasteiger partial charge in [-0.2, -0.15) is 0 Å². The first kappa shape index (κ1) is 19.2. The highest BCUT2D eigenvalue weighted by molar-refractivity contribution is 6.69. The summed E-state index contributed by atoms with van der Waals surface area (Å²) in [4.78, 5) is 4.36. The van der Waals surface area contributed by atoms with Crippen LogP contribution < -0.4 is 10.2 Å². The number of aromatic nitrogens is 1. The third-order valence-electron chi connectivity index (χ3n) is 5.23. The molecule has 24 heavy (non-hydrogen) atoms. The summed E-state index contributed by atoms with van der Waals surface area (Å²) < 4.78 is 17.0. The topological polar surface area (TPSA) is 60.8 Å². The van der Waals surface area contributed by atoms with Crippen molar-refractivity contribution in [3.8, 4) is 5.88 Å². The SMILES string of the molecule is COCC(C)(C)COc1ccc(B2OC(C)(C)C(C)(C)C2O)cn1. The Balaban J connectivity index is 2.05. The quantitative estimate of drug-likeness (QED) is 0.807. The lowest BCUT2D eigenvalue weighted by atomic mass is 9.52. The van der Waals surface area contributed by atoms with Crippen molar-refractivity contribution in [1.82, 2.24) is 4.98 Å². The monoisotopic (exact) mass is 335 g/mol. The molecule has 0 amide bonds. The van der Waals surface area contributed by atoms with Crippen LogP contribution in [0.1, 0.15) is 41.5 Å². The number of aliphatic hydroxyl groups is 1. The van der Waals surface area contributed by atoms with E-state index in [4.69, 9.17) is 14.1 Å². The van der Waals surface area contributed by atoms with Crippen molar-refractivity contribution in [3.05, 3.63) is 18.3 Å². The molecule has 1 N–H and O–H groups in total. The van der Waals surface area contributed by atoms with E-state index >= 15 is 0 Å². The molecule has 1 saturated heterocycles. The molecule has 1 aromatic heterocycles. The van der Waals surface area contributed by atoms with Crippen molar-refractivity contribution in [1.29, 1.82) is 0 Å². The van der Waals surface area contributed by atoms with Crippen molar-refractivity contribution in [2.45, 2.75) is 53.1 Å². The Hall–Kier alpha value is -1.11. The molecule has 0 aliphatic carbocycles. The molecule has 2 rings (SSSR count). The van der Waals surface area contributed by atoms with Crippen LogP contribution in [0.2, 0.25) is 0 Å². The first-order valence-corrected chi connectivity index (χ1v) is 8.44. The molecule has 6 heteroatoms. The highest BCUT2D eigenvalue weighted by Crippen LogP contribution is 2.44. The Kier molecular flexibility index (Phi) is 5.33. The average Bonchev–Trinajstić information content (AvgIpc) is 2.65. The third kappa shape index (κ3) is 3.76. The molecule has 1 fully saturated rings. The maximum absolute atomic E-state index is 10.6. The highest BCUT2D eigenvalue weighted by Gasteiger charge is 2.57. The zero-order valence-corrected chi connectivity index (χ0v) is 15.9. The van der Waals surface area contributed by atoms with Gasteiger partial charge < -0.3 is 19.2 Å². The average molecular weight is 335 g/mol. The molecule has 2 heterocycles. The van der Waals surface area contributed by atoms with Crippen molar-refractivity contribution in [2.75, 3.05) is 20.3 Å². The van der Waals surface area contributed by atoms with E-state index in [-0.39, 0.29) is 17.7 Å². The second-order valence-electron chi connectivity index (χ2n) is 8.53. The van der Waals surface area contributed by atoms with Crippen LogP contribution in [0.15, 0.2) is 18.3 Å². The van der Waals surface area contributed by atoms with E-state index in [1.807, 2.05) is 39.8 Å². The molecule has 1 aliphatic heterocycles. The molecule has 134 valence electrons. The van der Waals surface area contributed by atoms with Crippen LogP contribution >= 0.6 is 0 Å². The van der Waals surface area contributed by atoms with Crippen molar-refractivity contribution >= 4 is 12.4 Å². The Bertz CT molecular complexity index is 557. The number of hydrogen-bond donors (Lipinski definition) is 1. The summed E-state index contributed by atoms with van der Waals surface area (Å²) in [5.41, 5.74) is 0.0473. The summed E-state index contributed by atoms with van der Waals surface area (Å²) in [7, 11) is 1.69. The molecule has 1 unspecified atom stereocenters. The van der Waals surface area contributed by atoms with Gasteiger partial charge in [-0.15, -0.1) is 0 Å². The maximum Gasteiger partial charge on any atom is 0.359 e. The summed E-state index contributed by atoms with van der Waals surface area (Å²) >= 11 is 0. The van der Waals surface area contributed by atoms with Crippen LogP contribution in [0.4, 0.5) is 0 Å². The fourth-order valence-electron chi connectivity index (χ4n) is 2.87. The van der Waals surface area contributed by atoms with Gasteiger partial charge in [0.2, 0.25) is 5.88 Å². The van der Waals surface area contributed by atoms with Gasteiger partial charge in [-0.3, -0.25) is 0 Å². The number of rotatable bonds is 6. The maximum atomic E-state index is 10.6. The number of ether oxygens (including phenoxy) is 2. The predicted octanol–water partition coefficient (Wildman–Crippen LogP) is 2.07. The molecular formula is C18H30BNO4. The van der Waals surface area contributed by atoms with Crippen LogP contribution in [-0.4, -0.2) is 48.9 Å². The van der Waals surface area contributed by atoms with Gasteiger partial charge in [0.15, 0.2) is 0 Å². The summed E-state index contributed by atoms with van der Waals surface area (Å²) in [6.45, 7) is 13.0. The first-order chi connectivity index (χ1) is 11.0. The first-order valence-electron chi connectivity index (χ1n) is 8.44. The zero-order valence-electron chi connectivity index (χ0n) is 15.9. The second-order valence-corrected chi connectivity index (χ2v) is 8.53. The lowest BCUT2D eigenvalue weighted by Crippen LogP contribution is -2.45. The number of hydrogen-bond acceptors (Lipinski definition) is 5. The van der Waals surface area contributed by atoms with Gasteiger partial charge in [-0.1, -0.05) is 33.8 Å². The van der Waals surface area contributed by atoms with Crippen LogP contribution in [0.5, 0.6) is 5.88 Å². The van der Waals surface area contributed by atoms with E-state index in [0.29, 0.717) is 19.1 Å². The van der Waals surface area contributed by atoms with Crippen LogP contribution in [0.3, 0.4) is 0 Å². The van der Waals surface area contributed by atoms with Gasteiger partial charge in [-0.25, -0.2) is 4.98 Å². The Morgan fingerprint density at radius 3 is 2.38 bits per heavy atom. The highest BCUT2D eigenvalue weighted by atomic mass is 16.5. The fourth-order valence-corrected chi connectivity index (χ4v) is 2.87. The van der Waals surface area contributed by atoms with E-state index in [1.54, 1.807) is 13.3 Å². The number of nitrogens with zero attached hydrogens (tertiary/aromatic N) is 1. The van der Waals surface area contributed by atoms with Crippen molar-refractivity contribution in [2.24, 2.45) is 10.8 Å². The molecule has 0 radical (unpaired) electrons. The smallest absolute Gasteiger partial charge is 0.359 e. The minimum absolute atomic E-state index is 0.0755. The molecule has 1 aliphatic rings. The number of aliphatic hydroxyl groups excluding tert-OH is 1. The normalized spacial score (nSPS) is 22.7. The minimum Gasteiger partial charge on any atom is -0.477 e. The lowest BCUT2D eigenvalue weighted by Gasteiger charge is -2.35. The molecule has 5 nitrogen and oxygen atoms in total. The van der Waals surface area contributed by atoms with Crippen LogP contribution in [0.25, 0.3) is 0 Å². The summed E-state index contributed by atoms with van der Waals surface area (Å²) in [5, 5.41) is 10.6. The van der Waals surface area contributed by atoms with Crippen molar-refractivity contribution < 1.29 is 19.2 Å². The van der Waals surface area contributed by atoms with E-state index in [1.165, 1.54) is 0 Å². The third-order valence-corrected chi connectivity index (χ3v) is 5.23. The number of pyridine rings is 1. The van der Waals surface area contributed by atoms with E-state index in [0.717, 1.165) is 5.46 Å².